The summed E-state index contributed by atoms with van der Waals surface area (Å²) in [6.07, 6.45) is 7.42. The first kappa shape index (κ1) is 16.6. The average Bonchev–Trinajstić information content (AvgIpc) is 2.62. The summed E-state index contributed by atoms with van der Waals surface area (Å²) < 4.78 is 15.6. The molecule has 0 saturated heterocycles. The molecule has 0 aliphatic rings. The number of nitrogens with zero attached hydrogens (tertiary/aromatic N) is 1. The number of carboxylic acids is 1. The van der Waals surface area contributed by atoms with Crippen LogP contribution in [0.3, 0.4) is 0 Å². The molecule has 1 N–H and O–H groups in total. The van der Waals surface area contributed by atoms with E-state index < -0.39 is 5.97 Å². The molecule has 0 unspecified atom stereocenters. The SMILES string of the molecule is O=C(O)c1cccc(C[n+]2ccc(/C=C\c3ccccc3F)cc2)c1. The molecule has 0 aliphatic heterocycles. The number of aromatic carboxylic acids is 1. The Kier molecular flexibility index (Phi) is 5.00. The summed E-state index contributed by atoms with van der Waals surface area (Å²) >= 11 is 0. The molecule has 0 amide bonds. The van der Waals surface area contributed by atoms with Crippen LogP contribution in [0.4, 0.5) is 4.39 Å². The lowest BCUT2D eigenvalue weighted by Crippen LogP contribution is -2.33. The third-order valence-corrected chi connectivity index (χ3v) is 3.82. The fraction of sp³-hybridized carbons (Fsp3) is 0.0476. The summed E-state index contributed by atoms with van der Waals surface area (Å²) in [5.41, 5.74) is 2.70. The fourth-order valence-electron chi connectivity index (χ4n) is 2.50. The first-order chi connectivity index (χ1) is 12.1. The number of benzene rings is 2. The number of aromatic nitrogens is 1. The van der Waals surface area contributed by atoms with Gasteiger partial charge in [0.1, 0.15) is 5.82 Å². The van der Waals surface area contributed by atoms with Gasteiger partial charge in [-0.15, -0.1) is 0 Å². The molecule has 2 aromatic carbocycles. The largest absolute Gasteiger partial charge is 0.478 e. The van der Waals surface area contributed by atoms with E-state index in [1.54, 1.807) is 42.5 Å². The minimum atomic E-state index is -0.930. The molecular formula is C21H17FNO2+. The molecule has 0 bridgehead atoms. The van der Waals surface area contributed by atoms with Gasteiger partial charge in [0, 0.05) is 23.3 Å². The van der Waals surface area contributed by atoms with Gasteiger partial charge in [-0.1, -0.05) is 42.5 Å². The Morgan fingerprint density at radius 1 is 1.00 bits per heavy atom. The summed E-state index contributed by atoms with van der Waals surface area (Å²) in [5, 5.41) is 9.04. The summed E-state index contributed by atoms with van der Waals surface area (Å²) in [7, 11) is 0. The summed E-state index contributed by atoms with van der Waals surface area (Å²) in [4.78, 5) is 11.0. The lowest BCUT2D eigenvalue weighted by atomic mass is 10.1. The minimum Gasteiger partial charge on any atom is -0.478 e. The maximum atomic E-state index is 13.6. The normalized spacial score (nSPS) is 10.9. The molecule has 1 heterocycles. The Morgan fingerprint density at radius 3 is 2.48 bits per heavy atom. The van der Waals surface area contributed by atoms with Crippen molar-refractivity contribution in [3.63, 3.8) is 0 Å². The minimum absolute atomic E-state index is 0.247. The van der Waals surface area contributed by atoms with E-state index in [4.69, 9.17) is 5.11 Å². The number of rotatable bonds is 5. The molecule has 4 heteroatoms. The number of pyridine rings is 1. The lowest BCUT2D eigenvalue weighted by molar-refractivity contribution is -0.688. The number of carboxylic acid groups (broad SMARTS) is 1. The summed E-state index contributed by atoms with van der Waals surface area (Å²) in [6, 6.07) is 17.4. The number of hydrogen-bond acceptors (Lipinski definition) is 1. The molecular weight excluding hydrogens is 317 g/mol. The summed E-state index contributed by atoms with van der Waals surface area (Å²) in [6.45, 7) is 0.582. The highest BCUT2D eigenvalue weighted by Crippen LogP contribution is 2.11. The van der Waals surface area contributed by atoms with E-state index in [1.165, 1.54) is 6.07 Å². The van der Waals surface area contributed by atoms with Crippen LogP contribution in [0, 0.1) is 5.82 Å². The maximum Gasteiger partial charge on any atom is 0.335 e. The van der Waals surface area contributed by atoms with E-state index in [0.29, 0.717) is 12.1 Å². The van der Waals surface area contributed by atoms with E-state index in [-0.39, 0.29) is 11.4 Å². The fourth-order valence-corrected chi connectivity index (χ4v) is 2.50. The van der Waals surface area contributed by atoms with Gasteiger partial charge < -0.3 is 5.11 Å². The van der Waals surface area contributed by atoms with Gasteiger partial charge in [-0.25, -0.2) is 13.8 Å². The van der Waals surface area contributed by atoms with Crippen LogP contribution in [0.1, 0.15) is 27.0 Å². The van der Waals surface area contributed by atoms with Crippen LogP contribution < -0.4 is 4.57 Å². The van der Waals surface area contributed by atoms with E-state index in [9.17, 15) is 9.18 Å². The molecule has 1 aromatic heterocycles. The van der Waals surface area contributed by atoms with E-state index in [2.05, 4.69) is 0 Å². The second kappa shape index (κ2) is 7.53. The van der Waals surface area contributed by atoms with Crippen LogP contribution in [0.5, 0.6) is 0 Å². The third kappa shape index (κ3) is 4.38. The molecule has 3 nitrogen and oxygen atoms in total. The van der Waals surface area contributed by atoms with Crippen molar-refractivity contribution in [3.05, 3.63) is 101 Å². The van der Waals surface area contributed by atoms with Gasteiger partial charge in [0.15, 0.2) is 18.9 Å². The van der Waals surface area contributed by atoms with Crippen molar-refractivity contribution in [1.29, 1.82) is 0 Å². The number of halogens is 1. The van der Waals surface area contributed by atoms with Crippen LogP contribution in [-0.4, -0.2) is 11.1 Å². The number of hydrogen-bond donors (Lipinski definition) is 1. The quantitative estimate of drug-likeness (QED) is 0.716. The molecule has 3 aromatic rings. The Balaban J connectivity index is 1.71. The van der Waals surface area contributed by atoms with E-state index in [0.717, 1.165) is 11.1 Å². The monoisotopic (exact) mass is 334 g/mol. The van der Waals surface area contributed by atoms with Crippen molar-refractivity contribution in [3.8, 4) is 0 Å². The Bertz CT molecular complexity index is 917. The predicted octanol–water partition coefficient (Wildman–Crippen LogP) is 4.03. The molecule has 3 rings (SSSR count). The second-order valence-electron chi connectivity index (χ2n) is 5.66. The van der Waals surface area contributed by atoms with Crippen LogP contribution in [-0.2, 0) is 6.54 Å². The molecule has 124 valence electrons. The Labute approximate surface area is 145 Å². The summed E-state index contributed by atoms with van der Waals surface area (Å²) in [5.74, 6) is -1.18. The molecule has 0 radical (unpaired) electrons. The average molecular weight is 334 g/mol. The van der Waals surface area contributed by atoms with Gasteiger partial charge in [0.05, 0.1) is 5.56 Å². The lowest BCUT2D eigenvalue weighted by Gasteiger charge is -2.00. The first-order valence-electron chi connectivity index (χ1n) is 7.86. The zero-order valence-corrected chi connectivity index (χ0v) is 13.5. The molecule has 0 spiro atoms. The Morgan fingerprint density at radius 2 is 1.76 bits per heavy atom. The van der Waals surface area contributed by atoms with Crippen LogP contribution in [0.15, 0.2) is 73.1 Å². The molecule has 0 aliphatic carbocycles. The van der Waals surface area contributed by atoms with Crippen molar-refractivity contribution in [2.45, 2.75) is 6.54 Å². The van der Waals surface area contributed by atoms with E-state index in [1.807, 2.05) is 41.2 Å². The van der Waals surface area contributed by atoms with Crippen molar-refractivity contribution in [2.24, 2.45) is 0 Å². The molecule has 0 atom stereocenters. The van der Waals surface area contributed by atoms with Gasteiger partial charge in [-0.2, -0.15) is 0 Å². The van der Waals surface area contributed by atoms with Crippen molar-refractivity contribution < 1.29 is 18.9 Å². The highest BCUT2D eigenvalue weighted by atomic mass is 19.1. The van der Waals surface area contributed by atoms with Crippen molar-refractivity contribution in [2.75, 3.05) is 0 Å². The smallest absolute Gasteiger partial charge is 0.335 e. The van der Waals surface area contributed by atoms with Crippen molar-refractivity contribution in [1.82, 2.24) is 0 Å². The molecule has 0 fully saturated rings. The molecule has 0 saturated carbocycles. The van der Waals surface area contributed by atoms with Gasteiger partial charge in [0.2, 0.25) is 0 Å². The zero-order valence-electron chi connectivity index (χ0n) is 13.5. The van der Waals surface area contributed by atoms with Gasteiger partial charge >= 0.3 is 5.97 Å². The van der Waals surface area contributed by atoms with E-state index >= 15 is 0 Å². The highest BCUT2D eigenvalue weighted by molar-refractivity contribution is 5.87. The topological polar surface area (TPSA) is 41.2 Å². The standard InChI is InChI=1S/C21H16FNO2/c22-20-7-2-1-5-18(20)9-8-16-10-12-23(13-11-16)15-17-4-3-6-19(14-17)21(24)25/h1-14H,15H2/p+1/b9-8-. The highest BCUT2D eigenvalue weighted by Gasteiger charge is 2.07. The van der Waals surface area contributed by atoms with Crippen LogP contribution in [0.25, 0.3) is 12.2 Å². The first-order valence-corrected chi connectivity index (χ1v) is 7.86. The Hall–Kier alpha value is -3.27. The number of carbonyl (C=O) groups is 1. The maximum absolute atomic E-state index is 13.6. The van der Waals surface area contributed by atoms with Crippen molar-refractivity contribution >= 4 is 18.1 Å². The second-order valence-corrected chi connectivity index (χ2v) is 5.66. The van der Waals surface area contributed by atoms with Gasteiger partial charge in [0.25, 0.3) is 0 Å². The zero-order chi connectivity index (χ0) is 17.6. The predicted molar refractivity (Wildman–Crippen MR) is 94.5 cm³/mol. The van der Waals surface area contributed by atoms with Crippen LogP contribution >= 0.6 is 0 Å². The van der Waals surface area contributed by atoms with Gasteiger partial charge in [-0.05, 0) is 23.8 Å². The molecule has 25 heavy (non-hydrogen) atoms. The third-order valence-electron chi connectivity index (χ3n) is 3.82. The van der Waals surface area contributed by atoms with Crippen LogP contribution in [0.2, 0.25) is 0 Å². The van der Waals surface area contributed by atoms with Gasteiger partial charge in [-0.3, -0.25) is 0 Å².